The number of carbonyl (C=O) groups is 3. The Kier molecular flexibility index (Phi) is 5.53. The Morgan fingerprint density at radius 3 is 2.85 bits per heavy atom. The van der Waals surface area contributed by atoms with Crippen molar-refractivity contribution in [3.63, 3.8) is 0 Å². The molecule has 2 bridgehead atoms. The first-order chi connectivity index (χ1) is 12.5. The molecule has 146 valence electrons. The number of rotatable bonds is 8. The van der Waals surface area contributed by atoms with Gasteiger partial charge in [0.1, 0.15) is 11.6 Å². The maximum atomic E-state index is 13.1. The molecule has 3 fully saturated rings. The van der Waals surface area contributed by atoms with E-state index in [0.717, 1.165) is 12.8 Å². The number of hydrogen-bond acceptors (Lipinski definition) is 6. The lowest BCUT2D eigenvalue weighted by atomic mass is 9.71. The molecule has 2 amide bonds. The zero-order chi connectivity index (χ0) is 18.9. The van der Waals surface area contributed by atoms with Crippen LogP contribution in [0, 0.1) is 11.8 Å². The maximum Gasteiger partial charge on any atom is 0.312 e. The van der Waals surface area contributed by atoms with Gasteiger partial charge >= 0.3 is 5.97 Å². The second-order valence-corrected chi connectivity index (χ2v) is 7.21. The van der Waals surface area contributed by atoms with Crippen LogP contribution in [0.15, 0.2) is 0 Å². The molecule has 3 aliphatic rings. The van der Waals surface area contributed by atoms with Crippen molar-refractivity contribution in [3.8, 4) is 0 Å². The highest BCUT2D eigenvalue weighted by Crippen LogP contribution is 2.58. The lowest BCUT2D eigenvalue weighted by Crippen LogP contribution is -2.55. The average molecular weight is 368 g/mol. The van der Waals surface area contributed by atoms with Crippen LogP contribution in [-0.4, -0.2) is 71.8 Å². The van der Waals surface area contributed by atoms with E-state index in [9.17, 15) is 19.5 Å². The van der Waals surface area contributed by atoms with Gasteiger partial charge < -0.3 is 24.8 Å². The van der Waals surface area contributed by atoms with Gasteiger partial charge in [-0.05, 0) is 26.2 Å². The fourth-order valence-corrected chi connectivity index (χ4v) is 4.79. The van der Waals surface area contributed by atoms with Crippen molar-refractivity contribution >= 4 is 17.8 Å². The zero-order valence-electron chi connectivity index (χ0n) is 15.4. The average Bonchev–Trinajstić information content (AvgIpc) is 3.24. The molecule has 26 heavy (non-hydrogen) atoms. The molecule has 0 aliphatic carbocycles. The van der Waals surface area contributed by atoms with E-state index in [-0.39, 0.29) is 37.7 Å². The number of fused-ring (bicyclic) bond motifs is 1. The summed E-state index contributed by atoms with van der Waals surface area (Å²) in [6.07, 6.45) is 2.58. The van der Waals surface area contributed by atoms with E-state index in [4.69, 9.17) is 9.47 Å². The van der Waals surface area contributed by atoms with Gasteiger partial charge in [0.2, 0.25) is 11.8 Å². The summed E-state index contributed by atoms with van der Waals surface area (Å²) in [5.41, 5.74) is -0.995. The van der Waals surface area contributed by atoms with Gasteiger partial charge in [0, 0.05) is 13.1 Å². The van der Waals surface area contributed by atoms with E-state index in [1.54, 1.807) is 6.92 Å². The first kappa shape index (κ1) is 19.1. The van der Waals surface area contributed by atoms with Crippen LogP contribution in [-0.2, 0) is 23.9 Å². The van der Waals surface area contributed by atoms with Gasteiger partial charge in [0.15, 0.2) is 0 Å². The number of nitrogens with zero attached hydrogens (tertiary/aromatic N) is 1. The topological polar surface area (TPSA) is 105 Å². The monoisotopic (exact) mass is 368 g/mol. The largest absolute Gasteiger partial charge is 0.466 e. The van der Waals surface area contributed by atoms with Crippen molar-refractivity contribution in [2.45, 2.75) is 57.3 Å². The SMILES string of the molecule is CCCCNC(=O)C1N(CCO)C(=O)[C@@H]2[C@@H](C(=O)OCC)[C@H]3CCC12O3. The van der Waals surface area contributed by atoms with Crippen molar-refractivity contribution in [3.05, 3.63) is 0 Å². The third kappa shape index (κ3) is 2.79. The summed E-state index contributed by atoms with van der Waals surface area (Å²) in [5, 5.41) is 12.3. The zero-order valence-corrected chi connectivity index (χ0v) is 15.4. The van der Waals surface area contributed by atoms with Crippen molar-refractivity contribution in [1.82, 2.24) is 10.2 Å². The van der Waals surface area contributed by atoms with Crippen LogP contribution in [0.5, 0.6) is 0 Å². The van der Waals surface area contributed by atoms with Crippen LogP contribution in [0.2, 0.25) is 0 Å². The van der Waals surface area contributed by atoms with E-state index in [2.05, 4.69) is 5.32 Å². The molecule has 0 aromatic rings. The van der Waals surface area contributed by atoms with Gasteiger partial charge in [-0.25, -0.2) is 0 Å². The Labute approximate surface area is 153 Å². The molecule has 8 heteroatoms. The van der Waals surface area contributed by atoms with Gasteiger partial charge in [0.05, 0.1) is 31.2 Å². The maximum absolute atomic E-state index is 13.1. The van der Waals surface area contributed by atoms with E-state index in [1.165, 1.54) is 4.90 Å². The fourth-order valence-electron chi connectivity index (χ4n) is 4.79. The van der Waals surface area contributed by atoms with Crippen LogP contribution >= 0.6 is 0 Å². The molecule has 0 saturated carbocycles. The lowest BCUT2D eigenvalue weighted by Gasteiger charge is -2.33. The number of aliphatic hydroxyl groups is 1. The molecule has 0 radical (unpaired) electrons. The Morgan fingerprint density at radius 2 is 2.19 bits per heavy atom. The molecule has 0 aromatic heterocycles. The van der Waals surface area contributed by atoms with E-state index >= 15 is 0 Å². The highest BCUT2D eigenvalue weighted by molar-refractivity contribution is 5.98. The summed E-state index contributed by atoms with van der Waals surface area (Å²) in [6.45, 7) is 4.31. The molecule has 2 N–H and O–H groups in total. The van der Waals surface area contributed by atoms with Crippen molar-refractivity contribution in [2.75, 3.05) is 26.3 Å². The number of carbonyl (C=O) groups excluding carboxylic acids is 3. The molecule has 2 unspecified atom stereocenters. The van der Waals surface area contributed by atoms with E-state index in [1.807, 2.05) is 6.92 Å². The van der Waals surface area contributed by atoms with Crippen LogP contribution in [0.25, 0.3) is 0 Å². The number of aliphatic hydroxyl groups excluding tert-OH is 1. The van der Waals surface area contributed by atoms with Crippen LogP contribution in [0.4, 0.5) is 0 Å². The molecule has 3 saturated heterocycles. The minimum atomic E-state index is -0.995. The fraction of sp³-hybridized carbons (Fsp3) is 0.833. The number of unbranched alkanes of at least 4 members (excludes halogenated alkanes) is 1. The smallest absolute Gasteiger partial charge is 0.312 e. The lowest BCUT2D eigenvalue weighted by molar-refractivity contribution is -0.154. The van der Waals surface area contributed by atoms with Crippen molar-refractivity contribution in [2.24, 2.45) is 11.8 Å². The van der Waals surface area contributed by atoms with Crippen LogP contribution in [0.3, 0.4) is 0 Å². The minimum Gasteiger partial charge on any atom is -0.466 e. The second kappa shape index (κ2) is 7.52. The summed E-state index contributed by atoms with van der Waals surface area (Å²) < 4.78 is 11.3. The Balaban J connectivity index is 1.90. The number of amides is 2. The van der Waals surface area contributed by atoms with Crippen molar-refractivity contribution in [1.29, 1.82) is 0 Å². The van der Waals surface area contributed by atoms with E-state index in [0.29, 0.717) is 19.4 Å². The number of likely N-dealkylation sites (tertiary alicyclic amines) is 1. The highest BCUT2D eigenvalue weighted by atomic mass is 16.6. The second-order valence-electron chi connectivity index (χ2n) is 7.21. The molecular formula is C18H28N2O6. The number of ether oxygens (including phenoxy) is 2. The molecule has 3 rings (SSSR count). The molecular weight excluding hydrogens is 340 g/mol. The predicted molar refractivity (Wildman–Crippen MR) is 91.0 cm³/mol. The summed E-state index contributed by atoms with van der Waals surface area (Å²) in [4.78, 5) is 39.8. The number of nitrogens with one attached hydrogen (secondary N) is 1. The summed E-state index contributed by atoms with van der Waals surface area (Å²) in [7, 11) is 0. The molecule has 1 spiro atoms. The first-order valence-electron chi connectivity index (χ1n) is 9.55. The van der Waals surface area contributed by atoms with Gasteiger partial charge in [-0.3, -0.25) is 14.4 Å². The molecule has 5 atom stereocenters. The molecule has 0 aromatic carbocycles. The normalized spacial score (nSPS) is 34.9. The van der Waals surface area contributed by atoms with Gasteiger partial charge in [-0.2, -0.15) is 0 Å². The highest BCUT2D eigenvalue weighted by Gasteiger charge is 2.74. The van der Waals surface area contributed by atoms with Gasteiger partial charge in [0.25, 0.3) is 0 Å². The Hall–Kier alpha value is -1.67. The third-order valence-electron chi connectivity index (χ3n) is 5.78. The third-order valence-corrected chi connectivity index (χ3v) is 5.78. The number of hydrogen-bond donors (Lipinski definition) is 2. The molecule has 3 heterocycles. The standard InChI is InChI=1S/C18H28N2O6/c1-3-5-8-19-15(22)14-18-7-6-11(26-18)12(17(24)25-4-2)13(18)16(23)20(14)9-10-21/h11-14,21H,3-10H2,1-2H3,(H,19,22)/t11-,12+,13+,14?,18?/m1/s1. The number of esters is 1. The predicted octanol–water partition coefficient (Wildman–Crippen LogP) is -0.167. The number of β-amino-alcohol motifs (C(OH)–C–C–N with tert-alkyl or cyclic N) is 1. The Morgan fingerprint density at radius 1 is 1.42 bits per heavy atom. The first-order valence-corrected chi connectivity index (χ1v) is 9.55. The molecule has 8 nitrogen and oxygen atoms in total. The minimum absolute atomic E-state index is 0.0481. The van der Waals surface area contributed by atoms with E-state index < -0.39 is 29.4 Å². The quantitative estimate of drug-likeness (QED) is 0.455. The summed E-state index contributed by atoms with van der Waals surface area (Å²) in [6, 6.07) is -0.812. The van der Waals surface area contributed by atoms with Crippen LogP contribution < -0.4 is 5.32 Å². The summed E-state index contributed by atoms with van der Waals surface area (Å²) >= 11 is 0. The summed E-state index contributed by atoms with van der Waals surface area (Å²) in [5.74, 6) is -2.39. The van der Waals surface area contributed by atoms with Crippen LogP contribution in [0.1, 0.15) is 39.5 Å². The Bertz CT molecular complexity index is 582. The molecule has 3 aliphatic heterocycles. The van der Waals surface area contributed by atoms with Crippen molar-refractivity contribution < 1.29 is 29.0 Å². The van der Waals surface area contributed by atoms with Gasteiger partial charge in [-0.1, -0.05) is 13.3 Å². The van der Waals surface area contributed by atoms with Gasteiger partial charge in [-0.15, -0.1) is 0 Å².